The molecule has 3 heterocycles. The lowest BCUT2D eigenvalue weighted by Gasteiger charge is -2.30. The number of nitrogen functional groups attached to an aromatic ring is 1. The van der Waals surface area contributed by atoms with Gasteiger partial charge in [-0.25, -0.2) is 0 Å². The van der Waals surface area contributed by atoms with Gasteiger partial charge in [-0.2, -0.15) is 9.97 Å². The van der Waals surface area contributed by atoms with Gasteiger partial charge in [-0.3, -0.25) is 9.59 Å². The lowest BCUT2D eigenvalue weighted by Crippen LogP contribution is -2.38. The van der Waals surface area contributed by atoms with Crippen LogP contribution in [0.25, 0.3) is 0 Å². The van der Waals surface area contributed by atoms with E-state index in [4.69, 9.17) is 10.5 Å². The average molecular weight is 382 g/mol. The predicted molar refractivity (Wildman–Crippen MR) is 105 cm³/mol. The molecule has 146 valence electrons. The molecule has 28 heavy (non-hydrogen) atoms. The summed E-state index contributed by atoms with van der Waals surface area (Å²) < 4.78 is 5.34. The minimum atomic E-state index is -0.746. The molecule has 1 fully saturated rings. The lowest BCUT2D eigenvalue weighted by atomic mass is 9.92. The fourth-order valence-corrected chi connectivity index (χ4v) is 3.38. The van der Waals surface area contributed by atoms with Gasteiger partial charge >= 0.3 is 0 Å². The molecule has 0 bridgehead atoms. The molecule has 2 amide bonds. The van der Waals surface area contributed by atoms with E-state index in [0.717, 1.165) is 5.56 Å². The van der Waals surface area contributed by atoms with Crippen LogP contribution < -0.4 is 21.3 Å². The summed E-state index contributed by atoms with van der Waals surface area (Å²) in [6.07, 6.45) is -0.00481. The highest BCUT2D eigenvalue weighted by atomic mass is 16.5. The third-order valence-electron chi connectivity index (χ3n) is 4.89. The number of anilines is 4. The van der Waals surface area contributed by atoms with Gasteiger partial charge in [0.05, 0.1) is 24.7 Å². The van der Waals surface area contributed by atoms with Crippen LogP contribution in [0.15, 0.2) is 24.3 Å². The maximum atomic E-state index is 12.9. The zero-order chi connectivity index (χ0) is 19.7. The zero-order valence-corrected chi connectivity index (χ0v) is 15.6. The van der Waals surface area contributed by atoms with Gasteiger partial charge in [0.25, 0.3) is 0 Å². The number of aromatic nitrogens is 2. The Morgan fingerprint density at radius 3 is 2.68 bits per heavy atom. The second-order valence-corrected chi connectivity index (χ2v) is 6.93. The highest BCUT2D eigenvalue weighted by Gasteiger charge is 2.35. The van der Waals surface area contributed by atoms with E-state index in [1.54, 1.807) is 0 Å². The summed E-state index contributed by atoms with van der Waals surface area (Å²) in [5.41, 5.74) is 8.41. The van der Waals surface area contributed by atoms with Crippen LogP contribution in [0.2, 0.25) is 0 Å². The van der Waals surface area contributed by atoms with Gasteiger partial charge in [0.1, 0.15) is 11.6 Å². The van der Waals surface area contributed by atoms with Crippen molar-refractivity contribution in [2.75, 3.05) is 47.6 Å². The summed E-state index contributed by atoms with van der Waals surface area (Å²) in [4.78, 5) is 35.9. The Labute approximate surface area is 162 Å². The van der Waals surface area contributed by atoms with E-state index >= 15 is 0 Å². The summed E-state index contributed by atoms with van der Waals surface area (Å²) in [5, 5.41) is 5.58. The van der Waals surface area contributed by atoms with E-state index in [0.29, 0.717) is 49.3 Å². The van der Waals surface area contributed by atoms with Crippen molar-refractivity contribution >= 4 is 35.1 Å². The molecule has 9 heteroatoms. The molecule has 1 saturated heterocycles. The quantitative estimate of drug-likeness (QED) is 0.730. The molecule has 2 aliphatic heterocycles. The number of amides is 2. The van der Waals surface area contributed by atoms with Crippen LogP contribution >= 0.6 is 0 Å². The minimum absolute atomic E-state index is 0.00481. The van der Waals surface area contributed by atoms with Gasteiger partial charge in [0, 0.05) is 25.2 Å². The van der Waals surface area contributed by atoms with E-state index in [2.05, 4.69) is 20.6 Å². The summed E-state index contributed by atoms with van der Waals surface area (Å²) in [5.74, 6) is -0.398. The highest BCUT2D eigenvalue weighted by molar-refractivity contribution is 6.05. The first kappa shape index (κ1) is 18.2. The molecule has 0 radical (unpaired) electrons. The number of hydrogen-bond donors (Lipinski definition) is 3. The van der Waals surface area contributed by atoms with Crippen molar-refractivity contribution in [3.8, 4) is 0 Å². The molecule has 0 saturated carbocycles. The van der Waals surface area contributed by atoms with Crippen LogP contribution in [0.5, 0.6) is 0 Å². The lowest BCUT2D eigenvalue weighted by molar-refractivity contribution is -0.123. The molecule has 4 N–H and O–H groups in total. The third-order valence-corrected chi connectivity index (χ3v) is 4.89. The molecule has 0 spiro atoms. The summed E-state index contributed by atoms with van der Waals surface area (Å²) in [7, 11) is 0. The number of carbonyl (C=O) groups excluding carboxylic acids is 2. The van der Waals surface area contributed by atoms with E-state index in [9.17, 15) is 9.59 Å². The monoisotopic (exact) mass is 382 g/mol. The van der Waals surface area contributed by atoms with Gasteiger partial charge in [0.15, 0.2) is 0 Å². The molecular weight excluding hydrogens is 360 g/mol. The van der Waals surface area contributed by atoms with Crippen LogP contribution in [0.3, 0.4) is 0 Å². The zero-order valence-electron chi connectivity index (χ0n) is 15.6. The maximum Gasteiger partial charge on any atom is 0.232 e. The van der Waals surface area contributed by atoms with Crippen LogP contribution in [-0.4, -0.2) is 48.1 Å². The number of hydrogen-bond acceptors (Lipinski definition) is 7. The molecule has 0 aliphatic carbocycles. The molecule has 9 nitrogen and oxygen atoms in total. The van der Waals surface area contributed by atoms with Crippen LogP contribution in [0, 0.1) is 6.92 Å². The Morgan fingerprint density at radius 1 is 1.25 bits per heavy atom. The van der Waals surface area contributed by atoms with Gasteiger partial charge < -0.3 is 26.0 Å². The van der Waals surface area contributed by atoms with Gasteiger partial charge in [-0.05, 0) is 19.1 Å². The Balaban J connectivity index is 1.63. The molecule has 0 unspecified atom stereocenters. The van der Waals surface area contributed by atoms with Crippen molar-refractivity contribution in [2.45, 2.75) is 19.3 Å². The van der Waals surface area contributed by atoms with Gasteiger partial charge in [0.2, 0.25) is 17.8 Å². The van der Waals surface area contributed by atoms with Gasteiger partial charge in [-0.15, -0.1) is 0 Å². The molecule has 1 aromatic heterocycles. The van der Waals surface area contributed by atoms with E-state index in [1.165, 1.54) is 0 Å². The largest absolute Gasteiger partial charge is 0.383 e. The number of rotatable bonds is 3. The van der Waals surface area contributed by atoms with Crippen LogP contribution in [-0.2, 0) is 14.3 Å². The molecule has 4 rings (SSSR count). The number of morpholine rings is 1. The predicted octanol–water partition coefficient (Wildman–Crippen LogP) is 1.27. The van der Waals surface area contributed by atoms with Crippen molar-refractivity contribution in [2.24, 2.45) is 0 Å². The number of benzene rings is 1. The first-order valence-corrected chi connectivity index (χ1v) is 9.19. The topological polar surface area (TPSA) is 122 Å². The standard InChI is InChI=1S/C19H22N6O3/c1-11-2-4-12(5-3-11)21-18(27)13-10-14(26)22-17-15(13)16(20)23-19(24-17)25-6-8-28-9-7-25/h2-5,13H,6-10H2,1H3,(H,21,27)(H3,20,22,23,24,26)/t13-/m0/s1. The van der Waals surface area contributed by atoms with Crippen molar-refractivity contribution in [1.82, 2.24) is 9.97 Å². The summed E-state index contributed by atoms with van der Waals surface area (Å²) >= 11 is 0. The number of ether oxygens (including phenoxy) is 1. The molecule has 2 aromatic rings. The van der Waals surface area contributed by atoms with E-state index in [1.807, 2.05) is 36.1 Å². The first-order chi connectivity index (χ1) is 13.5. The number of nitrogens with zero attached hydrogens (tertiary/aromatic N) is 3. The van der Waals surface area contributed by atoms with Crippen molar-refractivity contribution in [3.63, 3.8) is 0 Å². The first-order valence-electron chi connectivity index (χ1n) is 9.19. The SMILES string of the molecule is Cc1ccc(NC(=O)[C@H]2CC(=O)Nc3nc(N4CCOCC4)nc(N)c32)cc1. The average Bonchev–Trinajstić information content (AvgIpc) is 2.69. The fourth-order valence-electron chi connectivity index (χ4n) is 3.38. The van der Waals surface area contributed by atoms with Crippen molar-refractivity contribution in [3.05, 3.63) is 35.4 Å². The van der Waals surface area contributed by atoms with Crippen molar-refractivity contribution < 1.29 is 14.3 Å². The number of nitrogens with two attached hydrogens (primary N) is 1. The third kappa shape index (κ3) is 3.61. The Kier molecular flexibility index (Phi) is 4.82. The molecular formula is C19H22N6O3. The summed E-state index contributed by atoms with van der Waals surface area (Å²) in [6.45, 7) is 4.41. The van der Waals surface area contributed by atoms with Gasteiger partial charge in [-0.1, -0.05) is 17.7 Å². The Hall–Kier alpha value is -3.20. The maximum absolute atomic E-state index is 12.9. The smallest absolute Gasteiger partial charge is 0.232 e. The number of nitrogens with one attached hydrogen (secondary N) is 2. The number of fused-ring (bicyclic) bond motifs is 1. The Bertz CT molecular complexity index is 909. The van der Waals surface area contributed by atoms with Crippen LogP contribution in [0.1, 0.15) is 23.5 Å². The number of aryl methyl sites for hydroxylation is 1. The molecule has 2 aliphatic rings. The molecule has 1 atom stereocenters. The minimum Gasteiger partial charge on any atom is -0.383 e. The fraction of sp³-hybridized carbons (Fsp3) is 0.368. The normalized spacial score (nSPS) is 19.0. The highest BCUT2D eigenvalue weighted by Crippen LogP contribution is 2.36. The number of carbonyl (C=O) groups is 2. The van der Waals surface area contributed by atoms with E-state index in [-0.39, 0.29) is 24.1 Å². The van der Waals surface area contributed by atoms with E-state index < -0.39 is 5.92 Å². The summed E-state index contributed by atoms with van der Waals surface area (Å²) in [6, 6.07) is 7.45. The second kappa shape index (κ2) is 7.43. The second-order valence-electron chi connectivity index (χ2n) is 6.93. The van der Waals surface area contributed by atoms with Crippen molar-refractivity contribution in [1.29, 1.82) is 0 Å². The van der Waals surface area contributed by atoms with Crippen LogP contribution in [0.4, 0.5) is 23.3 Å². The molecule has 1 aromatic carbocycles. The Morgan fingerprint density at radius 2 is 1.96 bits per heavy atom.